The largest absolute Gasteiger partial charge is 0.393 e. The lowest BCUT2D eigenvalue weighted by Gasteiger charge is -2.16. The van der Waals surface area contributed by atoms with E-state index >= 15 is 0 Å². The summed E-state index contributed by atoms with van der Waals surface area (Å²) in [6.45, 7) is -0.913. The Kier molecular flexibility index (Phi) is 5.00. The molecule has 0 radical (unpaired) electrons. The van der Waals surface area contributed by atoms with E-state index < -0.39 is 25.7 Å². The fourth-order valence-corrected chi connectivity index (χ4v) is 1.67. The molecular formula is C8H14N3O6P. The van der Waals surface area contributed by atoms with Crippen molar-refractivity contribution >= 4 is 13.4 Å². The van der Waals surface area contributed by atoms with E-state index in [4.69, 9.17) is 25.4 Å². The van der Waals surface area contributed by atoms with Crippen LogP contribution >= 0.6 is 7.60 Å². The highest BCUT2D eigenvalue weighted by molar-refractivity contribution is 7.52. The molecular weight excluding hydrogens is 265 g/mol. The Morgan fingerprint density at radius 3 is 2.72 bits per heavy atom. The summed E-state index contributed by atoms with van der Waals surface area (Å²) in [5.41, 5.74) is 4.70. The van der Waals surface area contributed by atoms with Gasteiger partial charge in [-0.3, -0.25) is 9.13 Å². The van der Waals surface area contributed by atoms with Gasteiger partial charge in [0.1, 0.15) is 5.82 Å². The molecule has 102 valence electrons. The zero-order valence-electron chi connectivity index (χ0n) is 9.34. The molecule has 1 atom stereocenters. The van der Waals surface area contributed by atoms with Crippen LogP contribution in [0.15, 0.2) is 17.1 Å². The van der Waals surface area contributed by atoms with Crippen molar-refractivity contribution in [3.63, 3.8) is 0 Å². The molecule has 0 aliphatic rings. The van der Waals surface area contributed by atoms with Crippen molar-refractivity contribution in [1.29, 1.82) is 0 Å². The van der Waals surface area contributed by atoms with Gasteiger partial charge >= 0.3 is 13.3 Å². The van der Waals surface area contributed by atoms with Crippen LogP contribution in [0.1, 0.15) is 0 Å². The zero-order valence-corrected chi connectivity index (χ0v) is 10.2. The predicted octanol–water partition coefficient (Wildman–Crippen LogP) is -1.66. The number of nitrogen functional groups attached to an aromatic ring is 1. The molecule has 0 aromatic carbocycles. The molecule has 9 nitrogen and oxygen atoms in total. The number of nitrogens with zero attached hydrogens (tertiary/aromatic N) is 2. The molecule has 0 saturated heterocycles. The van der Waals surface area contributed by atoms with E-state index in [0.29, 0.717) is 0 Å². The van der Waals surface area contributed by atoms with Gasteiger partial charge in [0.25, 0.3) is 0 Å². The summed E-state index contributed by atoms with van der Waals surface area (Å²) in [6.07, 6.45) is 1.39. The van der Waals surface area contributed by atoms with E-state index in [1.807, 2.05) is 0 Å². The minimum absolute atomic E-state index is 0.0443. The summed E-state index contributed by atoms with van der Waals surface area (Å²) >= 11 is 0. The molecule has 5 N–H and O–H groups in total. The number of hydrogen-bond donors (Lipinski definition) is 4. The lowest BCUT2D eigenvalue weighted by Crippen LogP contribution is -2.27. The summed E-state index contributed by atoms with van der Waals surface area (Å²) in [5, 5.41) is 8.74. The van der Waals surface area contributed by atoms with Crippen LogP contribution in [0.2, 0.25) is 0 Å². The van der Waals surface area contributed by atoms with Crippen molar-refractivity contribution in [2.75, 3.05) is 18.9 Å². The van der Waals surface area contributed by atoms with Crippen molar-refractivity contribution in [3.05, 3.63) is 22.7 Å². The van der Waals surface area contributed by atoms with Crippen LogP contribution in [0, 0.1) is 0 Å². The monoisotopic (exact) mass is 279 g/mol. The lowest BCUT2D eigenvalue weighted by molar-refractivity contribution is 0.0414. The Morgan fingerprint density at radius 1 is 1.56 bits per heavy atom. The standard InChI is InChI=1S/C8H14N3O6P/c9-6-1-2-11(8(13)10-6)3-4-17-7(5-12)18(14,15)16/h1-2,7,12H,3-5H2,(H2,9,10,13)(H2,14,15,16). The van der Waals surface area contributed by atoms with E-state index in [1.54, 1.807) is 0 Å². The molecule has 0 aliphatic carbocycles. The maximum Gasteiger partial charge on any atom is 0.356 e. The van der Waals surface area contributed by atoms with Crippen molar-refractivity contribution in [2.24, 2.45) is 0 Å². The van der Waals surface area contributed by atoms with Crippen LogP contribution < -0.4 is 11.4 Å². The SMILES string of the molecule is Nc1ccn(CCOC(CO)P(=O)(O)O)c(=O)n1. The summed E-state index contributed by atoms with van der Waals surface area (Å²) in [5.74, 6) is -1.50. The molecule has 18 heavy (non-hydrogen) atoms. The maximum absolute atomic E-state index is 11.3. The van der Waals surface area contributed by atoms with Gasteiger partial charge in [-0.05, 0) is 6.07 Å². The lowest BCUT2D eigenvalue weighted by atomic mass is 10.5. The van der Waals surface area contributed by atoms with Crippen molar-refractivity contribution in [3.8, 4) is 0 Å². The van der Waals surface area contributed by atoms with E-state index in [-0.39, 0.29) is 19.0 Å². The van der Waals surface area contributed by atoms with Gasteiger partial charge in [-0.2, -0.15) is 4.98 Å². The van der Waals surface area contributed by atoms with Crippen LogP contribution in [0.4, 0.5) is 5.82 Å². The van der Waals surface area contributed by atoms with Gasteiger partial charge in [0, 0.05) is 6.20 Å². The Balaban J connectivity index is 2.56. The van der Waals surface area contributed by atoms with E-state index in [9.17, 15) is 9.36 Å². The molecule has 1 rings (SSSR count). The third-order valence-corrected chi connectivity index (χ3v) is 3.13. The molecule has 0 bridgehead atoms. The Labute approximate surface area is 102 Å². The molecule has 10 heteroatoms. The van der Waals surface area contributed by atoms with Gasteiger partial charge in [-0.1, -0.05) is 0 Å². The topological polar surface area (TPSA) is 148 Å². The van der Waals surface area contributed by atoms with Crippen LogP contribution in [0.5, 0.6) is 0 Å². The number of aliphatic hydroxyl groups is 1. The molecule has 1 aromatic rings. The summed E-state index contributed by atoms with van der Waals surface area (Å²) in [7, 11) is -4.51. The van der Waals surface area contributed by atoms with E-state index in [0.717, 1.165) is 0 Å². The van der Waals surface area contributed by atoms with Gasteiger partial charge < -0.3 is 25.4 Å². The molecule has 0 fully saturated rings. The Morgan fingerprint density at radius 2 is 2.22 bits per heavy atom. The number of nitrogens with two attached hydrogens (primary N) is 1. The van der Waals surface area contributed by atoms with Crippen LogP contribution in [-0.4, -0.2) is 43.5 Å². The second-order valence-electron chi connectivity index (χ2n) is 3.43. The van der Waals surface area contributed by atoms with Crippen LogP contribution in [-0.2, 0) is 15.8 Å². The molecule has 1 unspecified atom stereocenters. The molecule has 0 aliphatic heterocycles. The quantitative estimate of drug-likeness (QED) is 0.452. The first-order chi connectivity index (χ1) is 8.34. The van der Waals surface area contributed by atoms with Crippen molar-refractivity contribution in [2.45, 2.75) is 12.4 Å². The highest BCUT2D eigenvalue weighted by atomic mass is 31.2. The average molecular weight is 279 g/mol. The molecule has 0 amide bonds. The highest BCUT2D eigenvalue weighted by Crippen LogP contribution is 2.41. The zero-order chi connectivity index (χ0) is 13.8. The minimum Gasteiger partial charge on any atom is -0.393 e. The summed E-state index contributed by atoms with van der Waals surface area (Å²) in [6, 6.07) is 1.41. The molecule has 0 saturated carbocycles. The van der Waals surface area contributed by atoms with Crippen molar-refractivity contribution in [1.82, 2.24) is 9.55 Å². The Bertz CT molecular complexity index is 498. The van der Waals surface area contributed by atoms with E-state index in [1.165, 1.54) is 16.8 Å². The number of rotatable bonds is 6. The highest BCUT2D eigenvalue weighted by Gasteiger charge is 2.28. The van der Waals surface area contributed by atoms with Gasteiger partial charge in [0.05, 0.1) is 19.8 Å². The normalized spacial score (nSPS) is 13.5. The number of aromatic nitrogens is 2. The number of ether oxygens (including phenoxy) is 1. The third-order valence-electron chi connectivity index (χ3n) is 2.07. The second kappa shape index (κ2) is 6.07. The van der Waals surface area contributed by atoms with Gasteiger partial charge in [-0.25, -0.2) is 4.79 Å². The van der Waals surface area contributed by atoms with Gasteiger partial charge in [0.2, 0.25) is 0 Å². The molecule has 1 heterocycles. The molecule has 0 spiro atoms. The summed E-state index contributed by atoms with van der Waals surface area (Å²) < 4.78 is 16.8. The minimum atomic E-state index is -4.51. The first-order valence-corrected chi connectivity index (χ1v) is 6.63. The average Bonchev–Trinajstić information content (AvgIpc) is 2.25. The predicted molar refractivity (Wildman–Crippen MR) is 61.8 cm³/mol. The first-order valence-electron chi connectivity index (χ1n) is 4.95. The molecule has 1 aromatic heterocycles. The van der Waals surface area contributed by atoms with Crippen LogP contribution in [0.25, 0.3) is 0 Å². The number of aliphatic hydroxyl groups excluding tert-OH is 1. The van der Waals surface area contributed by atoms with Gasteiger partial charge in [0.15, 0.2) is 5.85 Å². The van der Waals surface area contributed by atoms with Crippen LogP contribution in [0.3, 0.4) is 0 Å². The fourth-order valence-electron chi connectivity index (χ4n) is 1.16. The number of hydrogen-bond acceptors (Lipinski definition) is 6. The summed E-state index contributed by atoms with van der Waals surface area (Å²) in [4.78, 5) is 32.4. The third kappa shape index (κ3) is 4.21. The second-order valence-corrected chi connectivity index (χ2v) is 5.18. The Hall–Kier alpha value is -1.25. The van der Waals surface area contributed by atoms with Gasteiger partial charge in [-0.15, -0.1) is 0 Å². The first kappa shape index (κ1) is 14.8. The maximum atomic E-state index is 11.3. The van der Waals surface area contributed by atoms with E-state index in [2.05, 4.69) is 4.98 Å². The number of anilines is 1. The smallest absolute Gasteiger partial charge is 0.356 e. The fraction of sp³-hybridized carbons (Fsp3) is 0.500. The van der Waals surface area contributed by atoms with Crippen molar-refractivity contribution < 1.29 is 24.2 Å².